The molecule has 0 aliphatic carbocycles. The van der Waals surface area contributed by atoms with Crippen molar-refractivity contribution in [2.24, 2.45) is 0 Å². The number of hydrogen-bond acceptors (Lipinski definition) is 22. The lowest BCUT2D eigenvalue weighted by atomic mass is 10.2. The predicted molar refractivity (Wildman–Crippen MR) is 313 cm³/mol. The number of hydrogen-bond donors (Lipinski definition) is 2. The Labute approximate surface area is 491 Å². The van der Waals surface area contributed by atoms with E-state index in [-0.39, 0.29) is 89.2 Å². The second-order valence-corrected chi connectivity index (χ2v) is 27.4. The zero-order chi connectivity index (χ0) is 62.3. The molecule has 2 N–H and O–H groups in total. The van der Waals surface area contributed by atoms with Gasteiger partial charge in [0.15, 0.2) is 0 Å². The van der Waals surface area contributed by atoms with Crippen LogP contribution in [-0.4, -0.2) is 291 Å². The van der Waals surface area contributed by atoms with Crippen LogP contribution in [0.2, 0.25) is 0 Å². The normalized spacial score (nSPS) is 18.3. The van der Waals surface area contributed by atoms with Crippen LogP contribution in [0.1, 0.15) is 125 Å². The van der Waals surface area contributed by atoms with E-state index in [4.69, 9.17) is 28.4 Å². The largest absolute Gasteiger partial charge is 0.459 e. The molecule has 2 rings (SSSR count). The number of esters is 6. The van der Waals surface area contributed by atoms with E-state index in [1.165, 1.54) is 0 Å². The first kappa shape index (κ1) is 73.5. The minimum Gasteiger partial charge on any atom is -0.459 e. The van der Waals surface area contributed by atoms with Gasteiger partial charge in [-0.15, -0.1) is 0 Å². The maximum Gasteiger partial charge on any atom is 0.320 e. The van der Waals surface area contributed by atoms with Crippen molar-refractivity contribution < 1.29 is 66.8 Å². The number of ether oxygens (including phenoxy) is 6. The van der Waals surface area contributed by atoms with Gasteiger partial charge in [-0.3, -0.25) is 77.6 Å². The molecular formula is C58H108N10O14. The maximum absolute atomic E-state index is 13.7. The Hall–Kier alpha value is -4.56. The van der Waals surface area contributed by atoms with Crippen molar-refractivity contribution in [3.63, 3.8) is 0 Å². The highest BCUT2D eigenvalue weighted by atomic mass is 16.6. The molecule has 0 atom stereocenters. The molecule has 2 amide bonds. The van der Waals surface area contributed by atoms with Gasteiger partial charge in [0, 0.05) is 118 Å². The first-order valence-electron chi connectivity index (χ1n) is 29.2. The Bertz CT molecular complexity index is 1800. The summed E-state index contributed by atoms with van der Waals surface area (Å²) in [5, 5.41) is 5.88. The van der Waals surface area contributed by atoms with Crippen molar-refractivity contribution in [3.05, 3.63) is 0 Å². The molecule has 2 aliphatic rings. The number of rotatable bonds is 19. The molecule has 0 unspecified atom stereocenters. The summed E-state index contributed by atoms with van der Waals surface area (Å²) in [7, 11) is 0. The van der Waals surface area contributed by atoms with Gasteiger partial charge >= 0.3 is 35.8 Å². The first-order chi connectivity index (χ1) is 37.6. The fourth-order valence-corrected chi connectivity index (χ4v) is 8.68. The molecule has 474 valence electrons. The average Bonchev–Trinajstić information content (AvgIpc) is 3.26. The molecule has 2 fully saturated rings. The van der Waals surface area contributed by atoms with E-state index in [0.29, 0.717) is 105 Å². The van der Waals surface area contributed by atoms with Crippen LogP contribution in [0.5, 0.6) is 0 Å². The van der Waals surface area contributed by atoms with Crippen LogP contribution in [0, 0.1) is 0 Å². The summed E-state index contributed by atoms with van der Waals surface area (Å²) in [5.74, 6) is -2.96. The molecule has 0 aromatic rings. The Kier molecular flexibility index (Phi) is 30.3. The van der Waals surface area contributed by atoms with Crippen LogP contribution in [-0.2, 0) is 66.8 Å². The Morgan fingerprint density at radius 1 is 0.244 bits per heavy atom. The van der Waals surface area contributed by atoms with Crippen molar-refractivity contribution in [1.29, 1.82) is 0 Å². The smallest absolute Gasteiger partial charge is 0.320 e. The second-order valence-electron chi connectivity index (χ2n) is 27.4. The predicted octanol–water partition coefficient (Wildman–Crippen LogP) is 1.71. The molecule has 24 heteroatoms. The summed E-state index contributed by atoms with van der Waals surface area (Å²) < 4.78 is 34.1. The summed E-state index contributed by atoms with van der Waals surface area (Å²) in [6, 6.07) is 0. The summed E-state index contributed by atoms with van der Waals surface area (Å²) in [6.07, 6.45) is 0. The van der Waals surface area contributed by atoms with Gasteiger partial charge in [0.25, 0.3) is 0 Å². The van der Waals surface area contributed by atoms with Gasteiger partial charge in [0.1, 0.15) is 33.6 Å². The van der Waals surface area contributed by atoms with Gasteiger partial charge in [-0.1, -0.05) is 0 Å². The molecular weight excluding hydrogens is 1060 g/mol. The van der Waals surface area contributed by atoms with Crippen LogP contribution in [0.3, 0.4) is 0 Å². The summed E-state index contributed by atoms with van der Waals surface area (Å²) in [5.41, 5.74) is -4.17. The SMILES string of the molecule is CC(C)(C)OC(=O)CN1CCN(CC(=O)NCCNC(=O)CN2CCN(CC(=O)OC(C)(C)C)CCN(CC(=O)OC(C)(C)C)CCN(CC(=O)OC(C)(C)C)CC2)CCN(CC(=O)OC(C)(C)C)CCN(CC(=O)OC(C)(C)C)CC1. The first-order valence-corrected chi connectivity index (χ1v) is 29.2. The highest BCUT2D eigenvalue weighted by Gasteiger charge is 2.29. The zero-order valence-electron chi connectivity index (χ0n) is 53.7. The monoisotopic (exact) mass is 1170 g/mol. The highest BCUT2D eigenvalue weighted by molar-refractivity contribution is 5.79. The van der Waals surface area contributed by atoms with Crippen LogP contribution < -0.4 is 10.6 Å². The molecule has 0 radical (unpaired) electrons. The summed E-state index contributed by atoms with van der Waals surface area (Å²) >= 11 is 0. The van der Waals surface area contributed by atoms with E-state index in [2.05, 4.69) is 10.6 Å². The Balaban J connectivity index is 2.28. The average molecular weight is 1170 g/mol. The van der Waals surface area contributed by atoms with E-state index in [1.54, 1.807) is 83.1 Å². The molecule has 24 nitrogen and oxygen atoms in total. The van der Waals surface area contributed by atoms with E-state index >= 15 is 0 Å². The second kappa shape index (κ2) is 33.8. The minimum absolute atomic E-state index is 0.00853. The molecule has 0 aromatic carbocycles. The zero-order valence-corrected chi connectivity index (χ0v) is 53.7. The standard InChI is InChI=1S/C58H108N10O14/c1-53(2,3)77-47(71)39-63-25-21-61(22-26-64(40-48(72)78-54(4,5)6)30-34-67(33-29-63)43-51(75)81-57(13,14)15)37-45(69)59-19-20-60-46(70)38-62-23-27-65(41-49(73)79-55(7,8)9)31-35-68(44-52(76)82-58(16,17)18)36-32-66(28-24-62)42-50(74)80-56(10,11)12/h19-44H2,1-18H3,(H,59,69)(H,60,70). The number of nitrogens with zero attached hydrogens (tertiary/aromatic N) is 8. The van der Waals surface area contributed by atoms with Crippen LogP contribution >= 0.6 is 0 Å². The number of nitrogens with one attached hydrogen (secondary N) is 2. The summed E-state index contributed by atoms with van der Waals surface area (Å²) in [6.45, 7) is 39.0. The lowest BCUT2D eigenvalue weighted by molar-refractivity contribution is -0.158. The third kappa shape index (κ3) is 38.3. The molecule has 0 saturated carbocycles. The van der Waals surface area contributed by atoms with Crippen LogP contribution in [0.4, 0.5) is 0 Å². The lowest BCUT2D eigenvalue weighted by Crippen LogP contribution is -2.51. The van der Waals surface area contributed by atoms with E-state index in [0.717, 1.165) is 0 Å². The van der Waals surface area contributed by atoms with Gasteiger partial charge < -0.3 is 39.1 Å². The summed E-state index contributed by atoms with van der Waals surface area (Å²) in [4.78, 5) is 122. The molecule has 2 saturated heterocycles. The van der Waals surface area contributed by atoms with Gasteiger partial charge in [-0.05, 0) is 125 Å². The Morgan fingerprint density at radius 2 is 0.366 bits per heavy atom. The van der Waals surface area contributed by atoms with Crippen LogP contribution in [0.15, 0.2) is 0 Å². The van der Waals surface area contributed by atoms with Gasteiger partial charge in [0.2, 0.25) is 11.8 Å². The molecule has 2 heterocycles. The Morgan fingerprint density at radius 3 is 0.488 bits per heavy atom. The number of carbonyl (C=O) groups is 8. The molecule has 2 aliphatic heterocycles. The molecule has 0 spiro atoms. The fraction of sp³-hybridized carbons (Fsp3) is 0.862. The molecule has 0 bridgehead atoms. The van der Waals surface area contributed by atoms with Crippen molar-refractivity contribution in [1.82, 2.24) is 49.8 Å². The van der Waals surface area contributed by atoms with Gasteiger partial charge in [0.05, 0.1) is 52.4 Å². The highest BCUT2D eigenvalue weighted by Crippen LogP contribution is 2.15. The van der Waals surface area contributed by atoms with Crippen molar-refractivity contribution in [2.45, 2.75) is 158 Å². The van der Waals surface area contributed by atoms with Crippen LogP contribution in [0.25, 0.3) is 0 Å². The van der Waals surface area contributed by atoms with E-state index in [1.807, 2.05) is 80.7 Å². The van der Waals surface area contributed by atoms with Crippen molar-refractivity contribution >= 4 is 47.6 Å². The number of amides is 2. The fourth-order valence-electron chi connectivity index (χ4n) is 8.68. The van der Waals surface area contributed by atoms with Crippen molar-refractivity contribution in [2.75, 3.05) is 170 Å². The quantitative estimate of drug-likeness (QED) is 0.106. The minimum atomic E-state index is -0.701. The van der Waals surface area contributed by atoms with E-state index in [9.17, 15) is 38.4 Å². The van der Waals surface area contributed by atoms with E-state index < -0.39 is 57.5 Å². The maximum atomic E-state index is 13.7. The lowest BCUT2D eigenvalue weighted by Gasteiger charge is -2.34. The molecule has 0 aromatic heterocycles. The third-order valence-corrected chi connectivity index (χ3v) is 12.0. The topological polar surface area (TPSA) is 242 Å². The van der Waals surface area contributed by atoms with Gasteiger partial charge in [-0.2, -0.15) is 0 Å². The molecule has 82 heavy (non-hydrogen) atoms. The third-order valence-electron chi connectivity index (χ3n) is 12.0. The number of carbonyl (C=O) groups excluding carboxylic acids is 8. The van der Waals surface area contributed by atoms with Gasteiger partial charge in [-0.25, -0.2) is 0 Å². The van der Waals surface area contributed by atoms with Crippen molar-refractivity contribution in [3.8, 4) is 0 Å².